The first-order chi connectivity index (χ1) is 10.1. The number of carbonyl (C=O) groups excluding carboxylic acids is 1. The first-order valence-electron chi connectivity index (χ1n) is 7.05. The first kappa shape index (κ1) is 16.6. The van der Waals surface area contributed by atoms with Crippen LogP contribution in [-0.4, -0.2) is 40.9 Å². The molecule has 3 rings (SSSR count). The lowest BCUT2D eigenvalue weighted by atomic mass is 10.1. The van der Waals surface area contributed by atoms with Crippen LogP contribution in [0.15, 0.2) is 18.2 Å². The molecule has 0 spiro atoms. The minimum absolute atomic E-state index is 0. The third-order valence-corrected chi connectivity index (χ3v) is 4.28. The van der Waals surface area contributed by atoms with Gasteiger partial charge in [0.2, 0.25) is 0 Å². The zero-order chi connectivity index (χ0) is 15.0. The maximum absolute atomic E-state index is 14.0. The molecule has 0 aliphatic carbocycles. The summed E-state index contributed by atoms with van der Waals surface area (Å²) in [6.45, 7) is 1.57. The third kappa shape index (κ3) is 2.91. The Morgan fingerprint density at radius 2 is 2.05 bits per heavy atom. The quantitative estimate of drug-likeness (QED) is 0.666. The molecule has 2 aliphatic heterocycles. The van der Waals surface area contributed by atoms with Crippen LogP contribution in [0.25, 0.3) is 0 Å². The summed E-state index contributed by atoms with van der Waals surface area (Å²) in [7, 11) is 0. The van der Waals surface area contributed by atoms with E-state index in [1.165, 1.54) is 12.1 Å². The molecule has 0 aromatic heterocycles. The average Bonchev–Trinajstić information content (AvgIpc) is 2.71. The van der Waals surface area contributed by atoms with Gasteiger partial charge in [0, 0.05) is 24.7 Å². The van der Waals surface area contributed by atoms with Gasteiger partial charge in [-0.3, -0.25) is 14.9 Å². The number of nitrogens with zero attached hydrogens (tertiary/aromatic N) is 2. The predicted molar refractivity (Wildman–Crippen MR) is 80.8 cm³/mol. The minimum atomic E-state index is -0.828. The first-order valence-corrected chi connectivity index (χ1v) is 7.05. The number of non-ortho nitro benzene ring substituents is 1. The fraction of sp³-hybridized carbons (Fsp3) is 0.500. The van der Waals surface area contributed by atoms with Crippen molar-refractivity contribution >= 4 is 24.0 Å². The van der Waals surface area contributed by atoms with Crippen molar-refractivity contribution in [1.29, 1.82) is 0 Å². The maximum atomic E-state index is 14.0. The van der Waals surface area contributed by atoms with Crippen LogP contribution in [-0.2, 0) is 0 Å². The second-order valence-corrected chi connectivity index (χ2v) is 5.51. The number of hydrogen-bond donors (Lipinski definition) is 1. The number of carbonyl (C=O) groups is 1. The van der Waals surface area contributed by atoms with Crippen molar-refractivity contribution in [2.75, 3.05) is 13.1 Å². The molecule has 120 valence electrons. The van der Waals surface area contributed by atoms with Gasteiger partial charge in [-0.2, -0.15) is 0 Å². The molecular formula is C14H17ClFN3O3. The summed E-state index contributed by atoms with van der Waals surface area (Å²) in [5.41, 5.74) is -0.427. The molecule has 2 saturated heterocycles. The van der Waals surface area contributed by atoms with Gasteiger partial charge in [0.15, 0.2) is 0 Å². The Balaban J connectivity index is 0.00000176. The summed E-state index contributed by atoms with van der Waals surface area (Å²) < 4.78 is 14.0. The van der Waals surface area contributed by atoms with E-state index in [-0.39, 0.29) is 41.6 Å². The molecule has 1 N–H and O–H groups in total. The molecule has 2 aliphatic rings. The van der Waals surface area contributed by atoms with Gasteiger partial charge in [0.1, 0.15) is 5.82 Å². The maximum Gasteiger partial charge on any atom is 0.272 e. The number of nitro benzene ring substituents is 1. The number of nitro groups is 1. The van der Waals surface area contributed by atoms with Gasteiger partial charge in [0.05, 0.1) is 16.6 Å². The van der Waals surface area contributed by atoms with Crippen LogP contribution in [0.2, 0.25) is 0 Å². The van der Waals surface area contributed by atoms with Gasteiger partial charge >= 0.3 is 0 Å². The Kier molecular flexibility index (Phi) is 4.97. The Bertz CT molecular complexity index is 585. The number of rotatable bonds is 2. The fourth-order valence-corrected chi connectivity index (χ4v) is 3.24. The molecule has 1 amide bonds. The van der Waals surface area contributed by atoms with E-state index in [4.69, 9.17) is 0 Å². The normalized spacial score (nSPS) is 23.6. The van der Waals surface area contributed by atoms with Gasteiger partial charge in [-0.1, -0.05) is 0 Å². The topological polar surface area (TPSA) is 75.5 Å². The van der Waals surface area contributed by atoms with Crippen molar-refractivity contribution in [3.05, 3.63) is 39.7 Å². The van der Waals surface area contributed by atoms with Crippen LogP contribution in [0.1, 0.15) is 29.6 Å². The van der Waals surface area contributed by atoms with E-state index < -0.39 is 10.7 Å². The molecule has 2 unspecified atom stereocenters. The number of benzene rings is 1. The van der Waals surface area contributed by atoms with Gasteiger partial charge in [-0.25, -0.2) is 4.39 Å². The summed E-state index contributed by atoms with van der Waals surface area (Å²) in [4.78, 5) is 24.3. The summed E-state index contributed by atoms with van der Waals surface area (Å²) in [5, 5.41) is 13.9. The van der Waals surface area contributed by atoms with E-state index in [1.807, 2.05) is 0 Å². The zero-order valence-electron chi connectivity index (χ0n) is 11.8. The summed E-state index contributed by atoms with van der Waals surface area (Å²) in [6.07, 6.45) is 2.71. The zero-order valence-corrected chi connectivity index (χ0v) is 12.6. The Hall–Kier alpha value is -1.73. The highest BCUT2D eigenvalue weighted by Gasteiger charge is 2.39. The second-order valence-electron chi connectivity index (χ2n) is 5.51. The van der Waals surface area contributed by atoms with Crippen molar-refractivity contribution in [1.82, 2.24) is 10.2 Å². The number of fused-ring (bicyclic) bond motifs is 2. The Morgan fingerprint density at radius 1 is 1.32 bits per heavy atom. The molecule has 2 fully saturated rings. The van der Waals surface area contributed by atoms with Crippen molar-refractivity contribution < 1.29 is 14.1 Å². The van der Waals surface area contributed by atoms with Crippen LogP contribution in [0.5, 0.6) is 0 Å². The molecule has 6 nitrogen and oxygen atoms in total. The van der Waals surface area contributed by atoms with Crippen LogP contribution in [0.3, 0.4) is 0 Å². The highest BCUT2D eigenvalue weighted by atomic mass is 35.5. The standard InChI is InChI=1S/C14H16FN3O3.ClH/c15-13-7-10(18(20)21)3-4-12(13)14(19)17-9-1-2-11(17)8-16-6-5-9;/h3-4,7,9,11,16H,1-2,5-6,8H2;1H. The van der Waals surface area contributed by atoms with E-state index in [0.717, 1.165) is 38.4 Å². The van der Waals surface area contributed by atoms with Gasteiger partial charge in [0.25, 0.3) is 11.6 Å². The molecule has 2 atom stereocenters. The number of hydrogen-bond acceptors (Lipinski definition) is 4. The molecular weight excluding hydrogens is 313 g/mol. The minimum Gasteiger partial charge on any atom is -0.331 e. The molecule has 0 radical (unpaired) electrons. The summed E-state index contributed by atoms with van der Waals surface area (Å²) in [5.74, 6) is -1.19. The lowest BCUT2D eigenvalue weighted by Crippen LogP contribution is -2.42. The average molecular weight is 330 g/mol. The van der Waals surface area contributed by atoms with Crippen LogP contribution in [0, 0.1) is 15.9 Å². The van der Waals surface area contributed by atoms with Crippen molar-refractivity contribution in [2.45, 2.75) is 31.3 Å². The second kappa shape index (κ2) is 6.58. The van der Waals surface area contributed by atoms with Gasteiger partial charge in [-0.05, 0) is 31.9 Å². The molecule has 8 heteroatoms. The molecule has 1 aromatic rings. The lowest BCUT2D eigenvalue weighted by molar-refractivity contribution is -0.385. The lowest BCUT2D eigenvalue weighted by Gasteiger charge is -2.28. The molecule has 1 aromatic carbocycles. The monoisotopic (exact) mass is 329 g/mol. The number of amides is 1. The highest BCUT2D eigenvalue weighted by Crippen LogP contribution is 2.30. The van der Waals surface area contributed by atoms with E-state index >= 15 is 0 Å². The Labute approximate surface area is 133 Å². The van der Waals surface area contributed by atoms with Crippen molar-refractivity contribution in [3.63, 3.8) is 0 Å². The van der Waals surface area contributed by atoms with Crippen LogP contribution in [0.4, 0.5) is 10.1 Å². The fourth-order valence-electron chi connectivity index (χ4n) is 3.24. The van der Waals surface area contributed by atoms with E-state index in [1.54, 1.807) is 4.90 Å². The van der Waals surface area contributed by atoms with E-state index in [0.29, 0.717) is 0 Å². The molecule has 2 heterocycles. The number of halogens is 2. The third-order valence-electron chi connectivity index (χ3n) is 4.28. The molecule has 0 saturated carbocycles. The van der Waals surface area contributed by atoms with Gasteiger partial charge < -0.3 is 10.2 Å². The van der Waals surface area contributed by atoms with Crippen LogP contribution < -0.4 is 5.32 Å². The largest absolute Gasteiger partial charge is 0.331 e. The van der Waals surface area contributed by atoms with Crippen LogP contribution >= 0.6 is 12.4 Å². The van der Waals surface area contributed by atoms with E-state index in [9.17, 15) is 19.3 Å². The summed E-state index contributed by atoms with van der Waals surface area (Å²) >= 11 is 0. The number of nitrogens with one attached hydrogen (secondary N) is 1. The SMILES string of the molecule is Cl.O=C(c1ccc([N+](=O)[O-])cc1F)N1C2CCNCC1CC2. The van der Waals surface area contributed by atoms with Crippen molar-refractivity contribution in [2.24, 2.45) is 0 Å². The van der Waals surface area contributed by atoms with Gasteiger partial charge in [-0.15, -0.1) is 12.4 Å². The smallest absolute Gasteiger partial charge is 0.272 e. The highest BCUT2D eigenvalue weighted by molar-refractivity contribution is 5.95. The molecule has 22 heavy (non-hydrogen) atoms. The van der Waals surface area contributed by atoms with E-state index in [2.05, 4.69) is 5.32 Å². The Morgan fingerprint density at radius 3 is 2.73 bits per heavy atom. The molecule has 2 bridgehead atoms. The summed E-state index contributed by atoms with van der Waals surface area (Å²) in [6, 6.07) is 3.42. The van der Waals surface area contributed by atoms with Crippen molar-refractivity contribution in [3.8, 4) is 0 Å². The predicted octanol–water partition coefficient (Wildman–Crippen LogP) is 2.12.